The largest absolute Gasteiger partial charge is 0.495 e. The standard InChI is InChI=1S/C9H10Cl2O3/c1-13-6-3-7(14-2)9(11)5(4-12)8(6)10/h3,12H,4H2,1-2H3. The summed E-state index contributed by atoms with van der Waals surface area (Å²) in [6, 6.07) is 1.57. The molecule has 0 radical (unpaired) electrons. The molecule has 0 aliphatic carbocycles. The molecule has 1 N–H and O–H groups in total. The zero-order valence-corrected chi connectivity index (χ0v) is 9.32. The summed E-state index contributed by atoms with van der Waals surface area (Å²) in [5.74, 6) is 0.855. The SMILES string of the molecule is COc1cc(OC)c(Cl)c(CO)c1Cl. The van der Waals surface area contributed by atoms with Gasteiger partial charge in [0.1, 0.15) is 11.5 Å². The number of aliphatic hydroxyl groups excluding tert-OH is 1. The number of aliphatic hydroxyl groups is 1. The lowest BCUT2D eigenvalue weighted by Crippen LogP contribution is -1.95. The van der Waals surface area contributed by atoms with Crippen LogP contribution in [0.5, 0.6) is 11.5 Å². The molecule has 0 bridgehead atoms. The van der Waals surface area contributed by atoms with Crippen molar-refractivity contribution in [1.29, 1.82) is 0 Å². The molecule has 0 aromatic heterocycles. The minimum absolute atomic E-state index is 0.259. The van der Waals surface area contributed by atoms with E-state index in [-0.39, 0.29) is 6.61 Å². The number of ether oxygens (including phenoxy) is 2. The van der Waals surface area contributed by atoms with Gasteiger partial charge in [0, 0.05) is 11.6 Å². The molecule has 78 valence electrons. The summed E-state index contributed by atoms with van der Waals surface area (Å²) in [5.41, 5.74) is 0.407. The van der Waals surface area contributed by atoms with E-state index >= 15 is 0 Å². The fraction of sp³-hybridized carbons (Fsp3) is 0.333. The predicted molar refractivity (Wildman–Crippen MR) is 55.5 cm³/mol. The van der Waals surface area contributed by atoms with E-state index in [4.69, 9.17) is 37.8 Å². The van der Waals surface area contributed by atoms with Gasteiger partial charge in [0.2, 0.25) is 0 Å². The molecule has 5 heteroatoms. The minimum atomic E-state index is -0.259. The molecular formula is C9H10Cl2O3. The monoisotopic (exact) mass is 236 g/mol. The van der Waals surface area contributed by atoms with Crippen molar-refractivity contribution < 1.29 is 14.6 Å². The van der Waals surface area contributed by atoms with Crippen molar-refractivity contribution in [3.05, 3.63) is 21.7 Å². The first-order valence-corrected chi connectivity index (χ1v) is 4.61. The summed E-state index contributed by atoms with van der Waals surface area (Å²) in [6.45, 7) is -0.259. The predicted octanol–water partition coefficient (Wildman–Crippen LogP) is 2.50. The smallest absolute Gasteiger partial charge is 0.141 e. The molecule has 1 aromatic rings. The molecule has 0 atom stereocenters. The summed E-state index contributed by atoms with van der Waals surface area (Å²) >= 11 is 11.8. The Morgan fingerprint density at radius 3 is 1.86 bits per heavy atom. The summed E-state index contributed by atoms with van der Waals surface area (Å²) in [6.07, 6.45) is 0. The zero-order chi connectivity index (χ0) is 10.7. The molecule has 0 aliphatic heterocycles. The van der Waals surface area contributed by atoms with Gasteiger partial charge >= 0.3 is 0 Å². The maximum Gasteiger partial charge on any atom is 0.141 e. The third kappa shape index (κ3) is 1.90. The van der Waals surface area contributed by atoms with Crippen LogP contribution in [0.25, 0.3) is 0 Å². The highest BCUT2D eigenvalue weighted by Gasteiger charge is 2.15. The van der Waals surface area contributed by atoms with Gasteiger partial charge in [-0.25, -0.2) is 0 Å². The lowest BCUT2D eigenvalue weighted by molar-refractivity contribution is 0.280. The van der Waals surface area contributed by atoms with E-state index in [9.17, 15) is 0 Å². The van der Waals surface area contributed by atoms with Crippen LogP contribution < -0.4 is 9.47 Å². The molecular weight excluding hydrogens is 227 g/mol. The van der Waals surface area contributed by atoms with E-state index in [0.717, 1.165) is 0 Å². The minimum Gasteiger partial charge on any atom is -0.495 e. The first kappa shape index (κ1) is 11.4. The molecule has 0 fully saturated rings. The zero-order valence-electron chi connectivity index (χ0n) is 7.80. The Hall–Kier alpha value is -0.640. The molecule has 14 heavy (non-hydrogen) atoms. The third-order valence-corrected chi connectivity index (χ3v) is 2.65. The van der Waals surface area contributed by atoms with Crippen molar-refractivity contribution in [1.82, 2.24) is 0 Å². The van der Waals surface area contributed by atoms with Crippen LogP contribution in [0.4, 0.5) is 0 Å². The fourth-order valence-corrected chi connectivity index (χ4v) is 1.70. The molecule has 0 aliphatic rings. The quantitative estimate of drug-likeness (QED) is 0.877. The van der Waals surface area contributed by atoms with Crippen LogP contribution in [0.15, 0.2) is 6.07 Å². The van der Waals surface area contributed by atoms with Crippen LogP contribution in [0.2, 0.25) is 10.0 Å². The van der Waals surface area contributed by atoms with Gasteiger partial charge in [-0.15, -0.1) is 0 Å². The first-order valence-electron chi connectivity index (χ1n) is 3.85. The van der Waals surface area contributed by atoms with Crippen molar-refractivity contribution in [3.8, 4) is 11.5 Å². The molecule has 0 saturated heterocycles. The van der Waals surface area contributed by atoms with Gasteiger partial charge in [0.25, 0.3) is 0 Å². The van der Waals surface area contributed by atoms with Gasteiger partial charge in [-0.3, -0.25) is 0 Å². The van der Waals surface area contributed by atoms with Crippen LogP contribution >= 0.6 is 23.2 Å². The second-order valence-corrected chi connectivity index (χ2v) is 3.30. The number of methoxy groups -OCH3 is 2. The van der Waals surface area contributed by atoms with Crippen LogP contribution in [-0.4, -0.2) is 19.3 Å². The Bertz CT molecular complexity index is 311. The van der Waals surface area contributed by atoms with Crippen LogP contribution in [-0.2, 0) is 6.61 Å². The molecule has 0 heterocycles. The molecule has 3 nitrogen and oxygen atoms in total. The Balaban J connectivity index is 3.39. The average Bonchev–Trinajstić information content (AvgIpc) is 2.19. The summed E-state index contributed by atoms with van der Waals surface area (Å²) in [4.78, 5) is 0. The Labute approximate surface area is 92.2 Å². The van der Waals surface area contributed by atoms with Gasteiger partial charge in [-0.2, -0.15) is 0 Å². The molecule has 1 aromatic carbocycles. The number of hydrogen-bond acceptors (Lipinski definition) is 3. The molecule has 1 rings (SSSR count). The van der Waals surface area contributed by atoms with E-state index in [2.05, 4.69) is 0 Å². The Morgan fingerprint density at radius 2 is 1.57 bits per heavy atom. The maximum absolute atomic E-state index is 9.06. The highest BCUT2D eigenvalue weighted by molar-refractivity contribution is 6.37. The molecule has 0 saturated carbocycles. The summed E-state index contributed by atoms with van der Waals surface area (Å²) < 4.78 is 10.0. The van der Waals surface area contributed by atoms with E-state index < -0.39 is 0 Å². The second-order valence-electron chi connectivity index (χ2n) is 2.55. The maximum atomic E-state index is 9.06. The van der Waals surface area contributed by atoms with Gasteiger partial charge in [-0.1, -0.05) is 23.2 Å². The van der Waals surface area contributed by atoms with Crippen LogP contribution in [0.3, 0.4) is 0 Å². The van der Waals surface area contributed by atoms with Crippen molar-refractivity contribution in [2.24, 2.45) is 0 Å². The van der Waals surface area contributed by atoms with E-state index in [1.165, 1.54) is 14.2 Å². The summed E-state index contributed by atoms with van der Waals surface area (Å²) in [7, 11) is 2.96. The Kier molecular flexibility index (Phi) is 3.86. The average molecular weight is 237 g/mol. The highest BCUT2D eigenvalue weighted by atomic mass is 35.5. The van der Waals surface area contributed by atoms with Gasteiger partial charge in [0.05, 0.1) is 30.9 Å². The lowest BCUT2D eigenvalue weighted by Gasteiger charge is -2.12. The number of rotatable bonds is 3. The number of benzene rings is 1. The number of hydrogen-bond donors (Lipinski definition) is 1. The van der Waals surface area contributed by atoms with Crippen molar-refractivity contribution in [3.63, 3.8) is 0 Å². The molecule has 0 amide bonds. The fourth-order valence-electron chi connectivity index (χ4n) is 1.08. The van der Waals surface area contributed by atoms with Crippen LogP contribution in [0, 0.1) is 0 Å². The second kappa shape index (κ2) is 4.73. The normalized spacial score (nSPS) is 10.1. The summed E-state index contributed by atoms with van der Waals surface area (Å²) in [5, 5.41) is 9.67. The van der Waals surface area contributed by atoms with E-state index in [0.29, 0.717) is 27.1 Å². The van der Waals surface area contributed by atoms with Crippen molar-refractivity contribution in [2.45, 2.75) is 6.61 Å². The van der Waals surface area contributed by atoms with Gasteiger partial charge in [0.15, 0.2) is 0 Å². The van der Waals surface area contributed by atoms with Gasteiger partial charge < -0.3 is 14.6 Å². The topological polar surface area (TPSA) is 38.7 Å². The highest BCUT2D eigenvalue weighted by Crippen LogP contribution is 2.40. The molecule has 0 spiro atoms. The van der Waals surface area contributed by atoms with E-state index in [1.54, 1.807) is 6.07 Å². The molecule has 0 unspecified atom stereocenters. The van der Waals surface area contributed by atoms with Crippen molar-refractivity contribution in [2.75, 3.05) is 14.2 Å². The lowest BCUT2D eigenvalue weighted by atomic mass is 10.2. The number of halogens is 2. The van der Waals surface area contributed by atoms with Gasteiger partial charge in [-0.05, 0) is 0 Å². The van der Waals surface area contributed by atoms with Crippen molar-refractivity contribution >= 4 is 23.2 Å². The van der Waals surface area contributed by atoms with E-state index in [1.807, 2.05) is 0 Å². The Morgan fingerprint density at radius 1 is 1.14 bits per heavy atom. The first-order chi connectivity index (χ1) is 6.65. The third-order valence-electron chi connectivity index (χ3n) is 1.82. The van der Waals surface area contributed by atoms with Crippen LogP contribution in [0.1, 0.15) is 5.56 Å².